The largest absolute Gasteiger partial charge is 0.478 e. The number of rotatable bonds is 4. The zero-order valence-corrected chi connectivity index (χ0v) is 10.8. The highest BCUT2D eigenvalue weighted by Gasteiger charge is 2.06. The molecular weight excluding hydrogens is 273 g/mol. The first-order chi connectivity index (χ1) is 10.1. The second-order valence-electron chi connectivity index (χ2n) is 4.10. The predicted octanol–water partition coefficient (Wildman–Crippen LogP) is 3.59. The number of ether oxygens (including phenoxy) is 1. The first-order valence-corrected chi connectivity index (χ1v) is 5.97. The quantitative estimate of drug-likeness (QED) is 0.870. The molecule has 4 nitrogen and oxygen atoms in total. The number of halogens is 1. The molecule has 0 bridgehead atoms. The van der Waals surface area contributed by atoms with E-state index in [1.807, 2.05) is 6.07 Å². The molecule has 5 heteroatoms. The maximum atomic E-state index is 13.2. The van der Waals surface area contributed by atoms with Gasteiger partial charge in [-0.2, -0.15) is 5.26 Å². The second kappa shape index (κ2) is 6.35. The average Bonchev–Trinajstić information content (AvgIpc) is 2.47. The molecule has 0 atom stereocenters. The Balaban J connectivity index is 2.35. The van der Waals surface area contributed by atoms with E-state index in [-0.39, 0.29) is 0 Å². The Kier molecular flexibility index (Phi) is 4.32. The molecule has 0 unspecified atom stereocenters. The Morgan fingerprint density at radius 3 is 2.81 bits per heavy atom. The van der Waals surface area contributed by atoms with E-state index in [1.165, 1.54) is 30.3 Å². The van der Waals surface area contributed by atoms with Crippen LogP contribution in [0, 0.1) is 17.1 Å². The number of carboxylic acids is 1. The fourth-order valence-corrected chi connectivity index (χ4v) is 1.66. The smallest absolute Gasteiger partial charge is 0.328 e. The van der Waals surface area contributed by atoms with E-state index in [9.17, 15) is 9.18 Å². The number of hydrogen-bond acceptors (Lipinski definition) is 3. The Bertz CT molecular complexity index is 747. The van der Waals surface area contributed by atoms with Gasteiger partial charge in [-0.25, -0.2) is 9.18 Å². The van der Waals surface area contributed by atoms with E-state index in [0.29, 0.717) is 22.6 Å². The first kappa shape index (κ1) is 14.3. The maximum absolute atomic E-state index is 13.2. The Morgan fingerprint density at radius 1 is 1.29 bits per heavy atom. The van der Waals surface area contributed by atoms with Gasteiger partial charge in [0.15, 0.2) is 0 Å². The minimum atomic E-state index is -1.14. The summed E-state index contributed by atoms with van der Waals surface area (Å²) in [4.78, 5) is 10.6. The molecule has 0 spiro atoms. The van der Waals surface area contributed by atoms with Crippen molar-refractivity contribution >= 4 is 12.0 Å². The number of nitriles is 1. The topological polar surface area (TPSA) is 70.3 Å². The van der Waals surface area contributed by atoms with Gasteiger partial charge < -0.3 is 9.84 Å². The maximum Gasteiger partial charge on any atom is 0.328 e. The van der Waals surface area contributed by atoms with Crippen LogP contribution in [0.3, 0.4) is 0 Å². The number of benzene rings is 2. The Labute approximate surface area is 120 Å². The van der Waals surface area contributed by atoms with Gasteiger partial charge >= 0.3 is 5.97 Å². The van der Waals surface area contributed by atoms with Crippen LogP contribution in [0.4, 0.5) is 4.39 Å². The molecule has 0 heterocycles. The highest BCUT2D eigenvalue weighted by Crippen LogP contribution is 2.27. The van der Waals surface area contributed by atoms with Gasteiger partial charge in [0.05, 0.1) is 11.6 Å². The summed E-state index contributed by atoms with van der Waals surface area (Å²) < 4.78 is 18.8. The summed E-state index contributed by atoms with van der Waals surface area (Å²) in [6.07, 6.45) is 2.14. The minimum Gasteiger partial charge on any atom is -0.478 e. The third kappa shape index (κ3) is 3.91. The van der Waals surface area contributed by atoms with Gasteiger partial charge in [0.25, 0.3) is 0 Å². The molecule has 2 rings (SSSR count). The van der Waals surface area contributed by atoms with Crippen LogP contribution < -0.4 is 4.74 Å². The van der Waals surface area contributed by atoms with Crippen LogP contribution >= 0.6 is 0 Å². The summed E-state index contributed by atoms with van der Waals surface area (Å²) >= 11 is 0. The highest BCUT2D eigenvalue weighted by atomic mass is 19.1. The SMILES string of the molecule is N#Cc1cccc(Oc2ccc(F)cc2/C=C/C(=O)O)c1. The van der Waals surface area contributed by atoms with Crippen molar-refractivity contribution in [3.05, 3.63) is 65.5 Å². The fraction of sp³-hybridized carbons (Fsp3) is 0. The van der Waals surface area contributed by atoms with Gasteiger partial charge in [-0.15, -0.1) is 0 Å². The molecular formula is C16H10FNO3. The van der Waals surface area contributed by atoms with Gasteiger partial charge in [0.2, 0.25) is 0 Å². The van der Waals surface area contributed by atoms with Gasteiger partial charge in [-0.05, 0) is 42.5 Å². The lowest BCUT2D eigenvalue weighted by Gasteiger charge is -2.09. The average molecular weight is 283 g/mol. The second-order valence-corrected chi connectivity index (χ2v) is 4.10. The van der Waals surface area contributed by atoms with Crippen molar-refractivity contribution in [3.8, 4) is 17.6 Å². The van der Waals surface area contributed by atoms with Crippen molar-refractivity contribution < 1.29 is 19.0 Å². The van der Waals surface area contributed by atoms with E-state index in [4.69, 9.17) is 15.1 Å². The van der Waals surface area contributed by atoms with Crippen molar-refractivity contribution in [1.29, 1.82) is 5.26 Å². The van der Waals surface area contributed by atoms with E-state index < -0.39 is 11.8 Å². The van der Waals surface area contributed by atoms with Gasteiger partial charge in [0, 0.05) is 11.6 Å². The summed E-state index contributed by atoms with van der Waals surface area (Å²) in [5, 5.41) is 17.5. The molecule has 2 aromatic rings. The number of hydrogen-bond donors (Lipinski definition) is 1. The van der Waals surface area contributed by atoms with E-state index >= 15 is 0 Å². The van der Waals surface area contributed by atoms with Crippen LogP contribution in [-0.2, 0) is 4.79 Å². The number of carboxylic acid groups (broad SMARTS) is 1. The molecule has 0 saturated carbocycles. The standard InChI is InChI=1S/C16H10FNO3/c17-13-5-6-15(12(9-13)4-7-16(19)20)21-14-3-1-2-11(8-14)10-18/h1-9H,(H,19,20)/b7-4+. The summed E-state index contributed by atoms with van der Waals surface area (Å²) in [5.74, 6) is -0.940. The van der Waals surface area contributed by atoms with Crippen molar-refractivity contribution in [1.82, 2.24) is 0 Å². The van der Waals surface area contributed by atoms with Crippen molar-refractivity contribution in [2.45, 2.75) is 0 Å². The van der Waals surface area contributed by atoms with Crippen molar-refractivity contribution in [2.75, 3.05) is 0 Å². The van der Waals surface area contributed by atoms with Crippen molar-refractivity contribution in [3.63, 3.8) is 0 Å². The molecule has 0 radical (unpaired) electrons. The normalized spacial score (nSPS) is 10.3. The molecule has 104 valence electrons. The number of carbonyl (C=O) groups is 1. The van der Waals surface area contributed by atoms with Crippen LogP contribution in [0.5, 0.6) is 11.5 Å². The zero-order chi connectivity index (χ0) is 15.2. The molecule has 0 aliphatic carbocycles. The third-order valence-corrected chi connectivity index (χ3v) is 2.57. The lowest BCUT2D eigenvalue weighted by molar-refractivity contribution is -0.131. The van der Waals surface area contributed by atoms with Crippen LogP contribution in [0.2, 0.25) is 0 Å². The minimum absolute atomic E-state index is 0.291. The van der Waals surface area contributed by atoms with Crippen LogP contribution in [0.1, 0.15) is 11.1 Å². The molecule has 0 saturated heterocycles. The molecule has 1 N–H and O–H groups in total. The van der Waals surface area contributed by atoms with Gasteiger partial charge in [0.1, 0.15) is 17.3 Å². The fourth-order valence-electron chi connectivity index (χ4n) is 1.66. The van der Waals surface area contributed by atoms with E-state index in [0.717, 1.165) is 6.08 Å². The highest BCUT2D eigenvalue weighted by molar-refractivity contribution is 5.85. The molecule has 0 aliphatic heterocycles. The van der Waals surface area contributed by atoms with Crippen LogP contribution in [-0.4, -0.2) is 11.1 Å². The van der Waals surface area contributed by atoms with Crippen LogP contribution in [0.15, 0.2) is 48.5 Å². The molecule has 0 aliphatic rings. The van der Waals surface area contributed by atoms with E-state index in [1.54, 1.807) is 18.2 Å². The first-order valence-electron chi connectivity index (χ1n) is 5.97. The monoisotopic (exact) mass is 283 g/mol. The summed E-state index contributed by atoms with van der Waals surface area (Å²) in [6, 6.07) is 12.2. The zero-order valence-electron chi connectivity index (χ0n) is 10.8. The summed E-state index contributed by atoms with van der Waals surface area (Å²) in [7, 11) is 0. The Morgan fingerprint density at radius 2 is 2.10 bits per heavy atom. The third-order valence-electron chi connectivity index (χ3n) is 2.57. The van der Waals surface area contributed by atoms with Gasteiger partial charge in [-0.1, -0.05) is 6.07 Å². The Hall–Kier alpha value is -3.13. The molecule has 21 heavy (non-hydrogen) atoms. The molecule has 2 aromatic carbocycles. The molecule has 0 fully saturated rings. The van der Waals surface area contributed by atoms with E-state index in [2.05, 4.69) is 0 Å². The summed E-state index contributed by atoms with van der Waals surface area (Å²) in [5.41, 5.74) is 0.719. The lowest BCUT2D eigenvalue weighted by Crippen LogP contribution is -1.91. The molecule has 0 aromatic heterocycles. The predicted molar refractivity (Wildman–Crippen MR) is 74.3 cm³/mol. The lowest BCUT2D eigenvalue weighted by atomic mass is 10.1. The van der Waals surface area contributed by atoms with Crippen molar-refractivity contribution in [2.24, 2.45) is 0 Å². The number of nitrogens with zero attached hydrogens (tertiary/aromatic N) is 1. The summed E-state index contributed by atoms with van der Waals surface area (Å²) in [6.45, 7) is 0. The number of aliphatic carboxylic acids is 1. The molecule has 0 amide bonds. The van der Waals surface area contributed by atoms with Gasteiger partial charge in [-0.3, -0.25) is 0 Å². The van der Waals surface area contributed by atoms with Crippen LogP contribution in [0.25, 0.3) is 6.08 Å².